The van der Waals surface area contributed by atoms with Gasteiger partial charge in [0.1, 0.15) is 5.76 Å². The summed E-state index contributed by atoms with van der Waals surface area (Å²) < 4.78 is 5.54. The van der Waals surface area contributed by atoms with Crippen LogP contribution in [0, 0.1) is 5.92 Å². The van der Waals surface area contributed by atoms with E-state index in [0.29, 0.717) is 11.8 Å². The fourth-order valence-electron chi connectivity index (χ4n) is 2.39. The number of hydrogen-bond donors (Lipinski definition) is 1. The first-order valence-electron chi connectivity index (χ1n) is 7.05. The van der Waals surface area contributed by atoms with Crippen molar-refractivity contribution in [3.8, 4) is 0 Å². The summed E-state index contributed by atoms with van der Waals surface area (Å²) in [7, 11) is 0. The number of hydrogen-bond acceptors (Lipinski definition) is 2. The maximum atomic E-state index is 5.54. The van der Waals surface area contributed by atoms with Crippen LogP contribution in [0.2, 0.25) is 0 Å². The highest BCUT2D eigenvalue weighted by Gasteiger charge is 2.17. The molecule has 0 saturated heterocycles. The minimum atomic E-state index is 0.498. The van der Waals surface area contributed by atoms with E-state index in [9.17, 15) is 0 Å². The number of rotatable bonds is 7. The van der Waals surface area contributed by atoms with Crippen LogP contribution in [-0.2, 0) is 6.54 Å². The van der Waals surface area contributed by atoms with Crippen LogP contribution in [0.25, 0.3) is 0 Å². The average Bonchev–Trinajstić information content (AvgIpc) is 2.93. The molecule has 0 spiro atoms. The molecule has 0 amide bonds. The molecule has 19 heavy (non-hydrogen) atoms. The molecule has 1 N–H and O–H groups in total. The quantitative estimate of drug-likeness (QED) is 0.752. The second-order valence-electron chi connectivity index (χ2n) is 5.32. The topological polar surface area (TPSA) is 25.2 Å². The third-order valence-corrected chi connectivity index (χ3v) is 3.52. The lowest BCUT2D eigenvalue weighted by atomic mass is 9.90. The molecule has 0 unspecified atom stereocenters. The molecule has 1 aromatic heterocycles. The highest BCUT2D eigenvalue weighted by Crippen LogP contribution is 2.27. The normalized spacial score (nSPS) is 12.8. The molecule has 0 radical (unpaired) electrons. The molecule has 2 heteroatoms. The Bertz CT molecular complexity index is 447. The fourth-order valence-corrected chi connectivity index (χ4v) is 2.39. The second-order valence-corrected chi connectivity index (χ2v) is 5.32. The standard InChI is InChI=1S/C17H23NO/c1-14(2)16(17-9-6-12-19-17)10-11-18-13-15-7-4-3-5-8-15/h3-9,12,14,16,18H,10-11,13H2,1-2H3/t16-/m1/s1. The van der Waals surface area contributed by atoms with Gasteiger partial charge in [0, 0.05) is 12.5 Å². The van der Waals surface area contributed by atoms with Gasteiger partial charge < -0.3 is 9.73 Å². The fraction of sp³-hybridized carbons (Fsp3) is 0.412. The molecule has 2 aromatic rings. The summed E-state index contributed by atoms with van der Waals surface area (Å²) in [5, 5.41) is 3.51. The van der Waals surface area contributed by atoms with Crippen molar-refractivity contribution in [3.05, 3.63) is 60.1 Å². The highest BCUT2D eigenvalue weighted by atomic mass is 16.3. The Morgan fingerprint density at radius 1 is 1.05 bits per heavy atom. The van der Waals surface area contributed by atoms with Crippen LogP contribution in [0.3, 0.4) is 0 Å². The zero-order valence-corrected chi connectivity index (χ0v) is 11.8. The van der Waals surface area contributed by atoms with Gasteiger partial charge in [0.25, 0.3) is 0 Å². The number of furan rings is 1. The van der Waals surface area contributed by atoms with Crippen LogP contribution in [-0.4, -0.2) is 6.54 Å². The van der Waals surface area contributed by atoms with Gasteiger partial charge in [-0.3, -0.25) is 0 Å². The summed E-state index contributed by atoms with van der Waals surface area (Å²) >= 11 is 0. The molecule has 0 bridgehead atoms. The Hall–Kier alpha value is -1.54. The molecule has 0 aliphatic carbocycles. The Labute approximate surface area is 115 Å². The maximum Gasteiger partial charge on any atom is 0.107 e. The summed E-state index contributed by atoms with van der Waals surface area (Å²) in [6, 6.07) is 14.6. The van der Waals surface area contributed by atoms with Crippen LogP contribution in [0.5, 0.6) is 0 Å². The van der Waals surface area contributed by atoms with Crippen LogP contribution in [0.15, 0.2) is 53.1 Å². The molecule has 0 aliphatic rings. The molecule has 0 saturated carbocycles. The predicted molar refractivity (Wildman–Crippen MR) is 79.1 cm³/mol. The molecular formula is C17H23NO. The van der Waals surface area contributed by atoms with E-state index in [1.54, 1.807) is 6.26 Å². The van der Waals surface area contributed by atoms with E-state index in [-0.39, 0.29) is 0 Å². The largest absolute Gasteiger partial charge is 0.469 e. The molecule has 0 aliphatic heterocycles. The van der Waals surface area contributed by atoms with Gasteiger partial charge in [-0.05, 0) is 36.6 Å². The minimum Gasteiger partial charge on any atom is -0.469 e. The lowest BCUT2D eigenvalue weighted by molar-refractivity contribution is 0.372. The van der Waals surface area contributed by atoms with Crippen LogP contribution in [0.1, 0.15) is 37.5 Å². The van der Waals surface area contributed by atoms with E-state index < -0.39 is 0 Å². The zero-order chi connectivity index (χ0) is 13.5. The van der Waals surface area contributed by atoms with Crippen molar-refractivity contribution in [3.63, 3.8) is 0 Å². The van der Waals surface area contributed by atoms with Crippen molar-refractivity contribution in [1.29, 1.82) is 0 Å². The molecule has 1 atom stereocenters. The van der Waals surface area contributed by atoms with Gasteiger partial charge >= 0.3 is 0 Å². The van der Waals surface area contributed by atoms with Gasteiger partial charge in [-0.25, -0.2) is 0 Å². The molecule has 2 rings (SSSR count). The highest BCUT2D eigenvalue weighted by molar-refractivity contribution is 5.14. The van der Waals surface area contributed by atoms with Crippen molar-refractivity contribution in [2.24, 2.45) is 5.92 Å². The lowest BCUT2D eigenvalue weighted by Crippen LogP contribution is -2.19. The van der Waals surface area contributed by atoms with Crippen LogP contribution < -0.4 is 5.32 Å². The first-order valence-corrected chi connectivity index (χ1v) is 7.05. The van der Waals surface area contributed by atoms with Gasteiger partial charge in [-0.1, -0.05) is 44.2 Å². The molecule has 1 aromatic carbocycles. The van der Waals surface area contributed by atoms with Crippen LogP contribution in [0.4, 0.5) is 0 Å². The first kappa shape index (κ1) is 13.9. The van der Waals surface area contributed by atoms with Crippen LogP contribution >= 0.6 is 0 Å². The monoisotopic (exact) mass is 257 g/mol. The average molecular weight is 257 g/mol. The van der Waals surface area contributed by atoms with E-state index in [4.69, 9.17) is 4.42 Å². The van der Waals surface area contributed by atoms with Crippen molar-refractivity contribution >= 4 is 0 Å². The van der Waals surface area contributed by atoms with Gasteiger partial charge in [0.15, 0.2) is 0 Å². The summed E-state index contributed by atoms with van der Waals surface area (Å²) in [6.07, 6.45) is 2.88. The number of nitrogens with one attached hydrogen (secondary N) is 1. The van der Waals surface area contributed by atoms with E-state index in [1.165, 1.54) is 5.56 Å². The zero-order valence-electron chi connectivity index (χ0n) is 11.8. The number of benzene rings is 1. The molecule has 0 fully saturated rings. The first-order chi connectivity index (χ1) is 9.27. The molecule has 1 heterocycles. The predicted octanol–water partition coefficient (Wildman–Crippen LogP) is 4.20. The Kier molecular flexibility index (Phi) is 5.22. The van der Waals surface area contributed by atoms with Crippen molar-refractivity contribution in [2.75, 3.05) is 6.54 Å². The Balaban J connectivity index is 1.77. The summed E-state index contributed by atoms with van der Waals surface area (Å²) in [5.74, 6) is 2.21. The van der Waals surface area contributed by atoms with Crippen molar-refractivity contribution in [2.45, 2.75) is 32.7 Å². The lowest BCUT2D eigenvalue weighted by Gasteiger charge is -2.18. The minimum absolute atomic E-state index is 0.498. The molecule has 2 nitrogen and oxygen atoms in total. The third kappa shape index (κ3) is 4.25. The van der Waals surface area contributed by atoms with Gasteiger partial charge in [-0.15, -0.1) is 0 Å². The second kappa shape index (κ2) is 7.15. The molecular weight excluding hydrogens is 234 g/mol. The van der Waals surface area contributed by atoms with E-state index in [2.05, 4.69) is 55.6 Å². The van der Waals surface area contributed by atoms with Crippen molar-refractivity contribution < 1.29 is 4.42 Å². The summed E-state index contributed by atoms with van der Waals surface area (Å²) in [5.41, 5.74) is 1.33. The van der Waals surface area contributed by atoms with Crippen molar-refractivity contribution in [1.82, 2.24) is 5.32 Å². The van der Waals surface area contributed by atoms with E-state index in [1.807, 2.05) is 6.07 Å². The van der Waals surface area contributed by atoms with Gasteiger partial charge in [0.2, 0.25) is 0 Å². The maximum absolute atomic E-state index is 5.54. The Morgan fingerprint density at radius 3 is 2.47 bits per heavy atom. The summed E-state index contributed by atoms with van der Waals surface area (Å²) in [6.45, 7) is 6.46. The van der Waals surface area contributed by atoms with E-state index >= 15 is 0 Å². The summed E-state index contributed by atoms with van der Waals surface area (Å²) in [4.78, 5) is 0. The SMILES string of the molecule is CC(C)[C@@H](CCNCc1ccccc1)c1ccco1. The third-order valence-electron chi connectivity index (χ3n) is 3.52. The van der Waals surface area contributed by atoms with E-state index in [0.717, 1.165) is 25.3 Å². The van der Waals surface area contributed by atoms with Gasteiger partial charge in [0.05, 0.1) is 6.26 Å². The smallest absolute Gasteiger partial charge is 0.107 e. The van der Waals surface area contributed by atoms with Gasteiger partial charge in [-0.2, -0.15) is 0 Å². The Morgan fingerprint density at radius 2 is 1.84 bits per heavy atom. The molecule has 102 valence electrons.